The highest BCUT2D eigenvalue weighted by Crippen LogP contribution is 2.14. The lowest BCUT2D eigenvalue weighted by molar-refractivity contribution is 1.22. The molecule has 92 valence electrons. The van der Waals surface area contributed by atoms with Gasteiger partial charge in [-0.2, -0.15) is 5.10 Å². The van der Waals surface area contributed by atoms with Crippen LogP contribution in [0.4, 0.5) is 5.82 Å². The number of benzene rings is 1. The van der Waals surface area contributed by atoms with Crippen LogP contribution in [0.5, 0.6) is 0 Å². The van der Waals surface area contributed by atoms with Crippen LogP contribution in [0, 0.1) is 0 Å². The van der Waals surface area contributed by atoms with Gasteiger partial charge in [-0.05, 0) is 52.0 Å². The molecule has 0 amide bonds. The minimum atomic E-state index is 0.718. The van der Waals surface area contributed by atoms with Gasteiger partial charge >= 0.3 is 0 Å². The van der Waals surface area contributed by atoms with E-state index in [9.17, 15) is 0 Å². The number of hydrazone groups is 1. The summed E-state index contributed by atoms with van der Waals surface area (Å²) in [6.07, 6.45) is 5.56. The highest BCUT2D eigenvalue weighted by atomic mass is 79.9. The summed E-state index contributed by atoms with van der Waals surface area (Å²) in [5.41, 5.74) is 3.93. The normalized spacial score (nSPS) is 10.8. The Labute approximate surface area is 119 Å². The molecule has 0 spiro atoms. The lowest BCUT2D eigenvalue weighted by atomic mass is 10.2. The third-order valence-electron chi connectivity index (χ3n) is 2.24. The van der Waals surface area contributed by atoms with Gasteiger partial charge in [-0.15, -0.1) is 11.8 Å². The van der Waals surface area contributed by atoms with E-state index in [1.54, 1.807) is 24.2 Å². The second kappa shape index (κ2) is 6.56. The van der Waals surface area contributed by atoms with Crippen molar-refractivity contribution in [1.82, 2.24) is 4.98 Å². The highest BCUT2D eigenvalue weighted by molar-refractivity contribution is 9.10. The average molecular weight is 322 g/mol. The smallest absolute Gasteiger partial charge is 0.146 e. The number of thioether (sulfide) groups is 1. The van der Waals surface area contributed by atoms with Crippen molar-refractivity contribution in [1.29, 1.82) is 0 Å². The Hall–Kier alpha value is -1.33. The predicted octanol–water partition coefficient (Wildman–Crippen LogP) is 4.01. The first kappa shape index (κ1) is 13.1. The van der Waals surface area contributed by atoms with Gasteiger partial charge in [0, 0.05) is 15.6 Å². The summed E-state index contributed by atoms with van der Waals surface area (Å²) in [6.45, 7) is 0. The minimum absolute atomic E-state index is 0.718. The molecule has 0 aliphatic heterocycles. The molecule has 18 heavy (non-hydrogen) atoms. The molecule has 3 nitrogen and oxygen atoms in total. The van der Waals surface area contributed by atoms with E-state index < -0.39 is 0 Å². The van der Waals surface area contributed by atoms with E-state index in [2.05, 4.69) is 49.8 Å². The molecule has 0 fully saturated rings. The lowest BCUT2D eigenvalue weighted by Gasteiger charge is -1.99. The van der Waals surface area contributed by atoms with Crippen molar-refractivity contribution in [2.75, 3.05) is 11.7 Å². The topological polar surface area (TPSA) is 37.3 Å². The molecule has 0 atom stereocenters. The molecule has 1 aromatic heterocycles. The maximum absolute atomic E-state index is 4.16. The Kier molecular flexibility index (Phi) is 4.78. The van der Waals surface area contributed by atoms with Crippen LogP contribution >= 0.6 is 27.7 Å². The number of halogens is 1. The van der Waals surface area contributed by atoms with Crippen LogP contribution in [0.3, 0.4) is 0 Å². The monoisotopic (exact) mass is 321 g/mol. The SMILES string of the molecule is CSc1ccc(/C=N/Nc2ccc(Br)cn2)cc1. The first-order chi connectivity index (χ1) is 8.78. The van der Waals surface area contributed by atoms with Gasteiger partial charge in [-0.1, -0.05) is 12.1 Å². The van der Waals surface area contributed by atoms with Crippen LogP contribution in [0.25, 0.3) is 0 Å². The summed E-state index contributed by atoms with van der Waals surface area (Å²) in [4.78, 5) is 5.41. The third-order valence-corrected chi connectivity index (χ3v) is 3.45. The zero-order chi connectivity index (χ0) is 12.8. The molecule has 0 bridgehead atoms. The van der Waals surface area contributed by atoms with E-state index in [1.807, 2.05) is 24.3 Å². The number of hydrogen-bond acceptors (Lipinski definition) is 4. The first-order valence-corrected chi connectivity index (χ1v) is 7.34. The standard InChI is InChI=1S/C13H12BrN3S/c1-18-12-5-2-10(3-6-12)8-16-17-13-7-4-11(14)9-15-13/h2-9H,1H3,(H,15,17)/b16-8+. The fourth-order valence-corrected chi connectivity index (χ4v) is 1.95. The van der Waals surface area contributed by atoms with Crippen LogP contribution in [-0.4, -0.2) is 17.5 Å². The maximum atomic E-state index is 4.16. The number of nitrogens with one attached hydrogen (secondary N) is 1. The Balaban J connectivity index is 1.96. The molecular formula is C13H12BrN3S. The lowest BCUT2D eigenvalue weighted by Crippen LogP contribution is -1.92. The average Bonchev–Trinajstić information content (AvgIpc) is 2.42. The van der Waals surface area contributed by atoms with Crippen LogP contribution in [0.2, 0.25) is 0 Å². The summed E-state index contributed by atoms with van der Waals surface area (Å²) in [7, 11) is 0. The van der Waals surface area contributed by atoms with E-state index in [0.29, 0.717) is 0 Å². The van der Waals surface area contributed by atoms with Gasteiger partial charge < -0.3 is 0 Å². The quantitative estimate of drug-likeness (QED) is 0.525. The van der Waals surface area contributed by atoms with Crippen molar-refractivity contribution in [2.24, 2.45) is 5.10 Å². The summed E-state index contributed by atoms with van der Waals surface area (Å²) in [5, 5.41) is 4.14. The predicted molar refractivity (Wildman–Crippen MR) is 81.4 cm³/mol. The number of pyridine rings is 1. The molecular weight excluding hydrogens is 310 g/mol. The first-order valence-electron chi connectivity index (χ1n) is 5.32. The number of rotatable bonds is 4. The summed E-state index contributed by atoms with van der Waals surface area (Å²) in [6, 6.07) is 12.0. The largest absolute Gasteiger partial charge is 0.261 e. The van der Waals surface area contributed by atoms with Crippen LogP contribution in [0.15, 0.2) is 57.1 Å². The van der Waals surface area contributed by atoms with Crippen LogP contribution in [0.1, 0.15) is 5.56 Å². The Morgan fingerprint density at radius 3 is 2.61 bits per heavy atom. The molecule has 2 rings (SSSR count). The molecule has 0 saturated carbocycles. The number of aromatic nitrogens is 1. The fraction of sp³-hybridized carbons (Fsp3) is 0.0769. The second-order valence-electron chi connectivity index (χ2n) is 3.50. The van der Waals surface area contributed by atoms with Crippen molar-refractivity contribution in [3.05, 3.63) is 52.6 Å². The van der Waals surface area contributed by atoms with Crippen molar-refractivity contribution in [2.45, 2.75) is 4.90 Å². The van der Waals surface area contributed by atoms with Crippen LogP contribution in [-0.2, 0) is 0 Å². The second-order valence-corrected chi connectivity index (χ2v) is 5.30. The molecule has 0 radical (unpaired) electrons. The molecule has 1 heterocycles. The number of nitrogens with zero attached hydrogens (tertiary/aromatic N) is 2. The van der Waals surface area contributed by atoms with Crippen molar-refractivity contribution in [3.63, 3.8) is 0 Å². The zero-order valence-electron chi connectivity index (χ0n) is 9.80. The third kappa shape index (κ3) is 3.85. The minimum Gasteiger partial charge on any atom is -0.261 e. The Bertz CT molecular complexity index is 523. The van der Waals surface area contributed by atoms with E-state index >= 15 is 0 Å². The van der Waals surface area contributed by atoms with Gasteiger partial charge in [0.15, 0.2) is 0 Å². The van der Waals surface area contributed by atoms with Gasteiger partial charge in [0.2, 0.25) is 0 Å². The molecule has 5 heteroatoms. The molecule has 0 aliphatic carbocycles. The molecule has 0 aliphatic rings. The van der Waals surface area contributed by atoms with Gasteiger partial charge in [0.1, 0.15) is 5.82 Å². The summed E-state index contributed by atoms with van der Waals surface area (Å²) in [5.74, 6) is 0.718. The van der Waals surface area contributed by atoms with Gasteiger partial charge in [0.05, 0.1) is 6.21 Å². The van der Waals surface area contributed by atoms with Gasteiger partial charge in [-0.3, -0.25) is 5.43 Å². The fourth-order valence-electron chi connectivity index (χ4n) is 1.30. The van der Waals surface area contributed by atoms with Crippen molar-refractivity contribution in [3.8, 4) is 0 Å². The highest BCUT2D eigenvalue weighted by Gasteiger charge is 1.92. The van der Waals surface area contributed by atoms with E-state index in [-0.39, 0.29) is 0 Å². The number of anilines is 1. The molecule has 0 unspecified atom stereocenters. The van der Waals surface area contributed by atoms with Gasteiger partial charge in [0.25, 0.3) is 0 Å². The Morgan fingerprint density at radius 2 is 2.00 bits per heavy atom. The van der Waals surface area contributed by atoms with Crippen LogP contribution < -0.4 is 5.43 Å². The zero-order valence-corrected chi connectivity index (χ0v) is 12.2. The van der Waals surface area contributed by atoms with E-state index in [1.165, 1.54) is 4.90 Å². The van der Waals surface area contributed by atoms with Gasteiger partial charge in [-0.25, -0.2) is 4.98 Å². The molecule has 0 saturated heterocycles. The van der Waals surface area contributed by atoms with E-state index in [0.717, 1.165) is 15.9 Å². The number of hydrogen-bond donors (Lipinski definition) is 1. The van der Waals surface area contributed by atoms with E-state index in [4.69, 9.17) is 0 Å². The molecule has 1 N–H and O–H groups in total. The Morgan fingerprint density at radius 1 is 1.22 bits per heavy atom. The van der Waals surface area contributed by atoms with Crippen molar-refractivity contribution < 1.29 is 0 Å². The maximum Gasteiger partial charge on any atom is 0.146 e. The molecule has 1 aromatic carbocycles. The summed E-state index contributed by atoms with van der Waals surface area (Å²) < 4.78 is 0.949. The molecule has 2 aromatic rings. The summed E-state index contributed by atoms with van der Waals surface area (Å²) >= 11 is 5.06. The van der Waals surface area contributed by atoms with Crippen molar-refractivity contribution >= 4 is 39.7 Å².